The van der Waals surface area contributed by atoms with E-state index < -0.39 is 0 Å². The molecular formula is C22H21I2NO3S. The summed E-state index contributed by atoms with van der Waals surface area (Å²) in [5.74, 6) is 0.621. The summed E-state index contributed by atoms with van der Waals surface area (Å²) in [4.78, 5) is 26.7. The maximum absolute atomic E-state index is 12.6. The zero-order valence-corrected chi connectivity index (χ0v) is 21.5. The van der Waals surface area contributed by atoms with Crippen LogP contribution in [0.3, 0.4) is 0 Å². The van der Waals surface area contributed by atoms with Crippen molar-refractivity contribution in [2.75, 3.05) is 0 Å². The number of aryl methyl sites for hydroxylation is 1. The number of rotatable bonds is 6. The van der Waals surface area contributed by atoms with Crippen molar-refractivity contribution in [3.63, 3.8) is 0 Å². The fourth-order valence-electron chi connectivity index (χ4n) is 2.83. The van der Waals surface area contributed by atoms with Crippen LogP contribution < -0.4 is 4.74 Å². The molecular weight excluding hydrogens is 612 g/mol. The number of nitrogens with zero attached hydrogens (tertiary/aromatic N) is 1. The number of amides is 2. The summed E-state index contributed by atoms with van der Waals surface area (Å²) in [5.41, 5.74) is 3.22. The van der Waals surface area contributed by atoms with Crippen LogP contribution in [0.15, 0.2) is 41.3 Å². The molecule has 2 amide bonds. The molecule has 1 fully saturated rings. The smallest absolute Gasteiger partial charge is 0.293 e. The summed E-state index contributed by atoms with van der Waals surface area (Å²) in [5, 5.41) is -0.196. The third-order valence-corrected chi connectivity index (χ3v) is 7.16. The number of carbonyl (C=O) groups is 2. The predicted octanol–water partition coefficient (Wildman–Crippen LogP) is 6.62. The standard InChI is InChI=1S/C22H21I2NO3S/c1-4-14(3)25-21(26)19(29-22(25)27)11-16-9-17(23)20(18(24)10-16)28-12-15-7-5-13(2)6-8-15/h5-11,14H,4,12H2,1-3H3/b19-11+/t14-/m0/s1. The number of benzene rings is 2. The van der Waals surface area contributed by atoms with Crippen LogP contribution in [0, 0.1) is 14.1 Å². The fraction of sp³-hybridized carbons (Fsp3) is 0.273. The normalized spacial score (nSPS) is 16.6. The summed E-state index contributed by atoms with van der Waals surface area (Å²) in [7, 11) is 0. The lowest BCUT2D eigenvalue weighted by molar-refractivity contribution is -0.124. The van der Waals surface area contributed by atoms with Gasteiger partial charge in [0.15, 0.2) is 0 Å². The Morgan fingerprint density at radius 2 is 1.76 bits per heavy atom. The third-order valence-electron chi connectivity index (χ3n) is 4.68. The lowest BCUT2D eigenvalue weighted by atomic mass is 10.1. The van der Waals surface area contributed by atoms with Crippen molar-refractivity contribution >= 4 is 74.2 Å². The van der Waals surface area contributed by atoms with Gasteiger partial charge in [-0.1, -0.05) is 36.8 Å². The number of imide groups is 1. The molecule has 4 nitrogen and oxygen atoms in total. The van der Waals surface area contributed by atoms with Gasteiger partial charge in [-0.05, 0) is 107 Å². The van der Waals surface area contributed by atoms with Gasteiger partial charge >= 0.3 is 0 Å². The SMILES string of the molecule is CC[C@H](C)N1C(=O)S/C(=C/c2cc(I)c(OCc3ccc(C)cc3)c(I)c2)C1=O. The highest BCUT2D eigenvalue weighted by Gasteiger charge is 2.37. The highest BCUT2D eigenvalue weighted by Crippen LogP contribution is 2.36. The van der Waals surface area contributed by atoms with Gasteiger partial charge in [0.2, 0.25) is 0 Å². The zero-order valence-electron chi connectivity index (χ0n) is 16.4. The van der Waals surface area contributed by atoms with E-state index in [1.54, 1.807) is 6.08 Å². The molecule has 0 aliphatic carbocycles. The van der Waals surface area contributed by atoms with Crippen LogP contribution in [0.2, 0.25) is 0 Å². The maximum atomic E-state index is 12.6. The Morgan fingerprint density at radius 1 is 1.14 bits per heavy atom. The van der Waals surface area contributed by atoms with E-state index in [1.807, 2.05) is 26.0 Å². The van der Waals surface area contributed by atoms with Crippen LogP contribution in [0.5, 0.6) is 5.75 Å². The van der Waals surface area contributed by atoms with Gasteiger partial charge < -0.3 is 4.74 Å². The minimum atomic E-state index is -0.209. The van der Waals surface area contributed by atoms with E-state index in [4.69, 9.17) is 4.74 Å². The van der Waals surface area contributed by atoms with Gasteiger partial charge in [-0.3, -0.25) is 14.5 Å². The Hall–Kier alpha value is -1.07. The summed E-state index contributed by atoms with van der Waals surface area (Å²) in [6.45, 7) is 6.43. The van der Waals surface area contributed by atoms with Crippen LogP contribution >= 0.6 is 56.9 Å². The maximum Gasteiger partial charge on any atom is 0.293 e. The molecule has 1 atom stereocenters. The van der Waals surface area contributed by atoms with E-state index in [1.165, 1.54) is 10.5 Å². The van der Waals surface area contributed by atoms with Gasteiger partial charge in [0.25, 0.3) is 11.1 Å². The molecule has 7 heteroatoms. The van der Waals surface area contributed by atoms with Gasteiger partial charge in [-0.15, -0.1) is 0 Å². The molecule has 0 bridgehead atoms. The molecule has 29 heavy (non-hydrogen) atoms. The minimum absolute atomic E-state index is 0.0915. The van der Waals surface area contributed by atoms with E-state index in [9.17, 15) is 9.59 Å². The van der Waals surface area contributed by atoms with E-state index in [0.29, 0.717) is 11.5 Å². The Kier molecular flexibility index (Phi) is 7.66. The minimum Gasteiger partial charge on any atom is -0.487 e. The van der Waals surface area contributed by atoms with E-state index >= 15 is 0 Å². The van der Waals surface area contributed by atoms with Crippen LogP contribution in [0.4, 0.5) is 4.79 Å². The highest BCUT2D eigenvalue weighted by atomic mass is 127. The number of carbonyl (C=O) groups excluding carboxylic acids is 2. The second kappa shape index (κ2) is 9.82. The van der Waals surface area contributed by atoms with E-state index in [0.717, 1.165) is 42.2 Å². The predicted molar refractivity (Wildman–Crippen MR) is 135 cm³/mol. The molecule has 1 aliphatic rings. The van der Waals surface area contributed by atoms with Crippen molar-refractivity contribution < 1.29 is 14.3 Å². The van der Waals surface area contributed by atoms with Crippen molar-refractivity contribution in [3.05, 3.63) is 65.1 Å². The monoisotopic (exact) mass is 633 g/mol. The average Bonchev–Trinajstić information content (AvgIpc) is 2.95. The number of halogens is 2. The Morgan fingerprint density at radius 3 is 2.34 bits per heavy atom. The molecule has 3 rings (SSSR count). The zero-order chi connectivity index (χ0) is 21.1. The molecule has 0 N–H and O–H groups in total. The number of ether oxygens (including phenoxy) is 1. The second-order valence-electron chi connectivity index (χ2n) is 6.90. The largest absolute Gasteiger partial charge is 0.487 e. The molecule has 2 aromatic carbocycles. The number of hydrogen-bond acceptors (Lipinski definition) is 4. The molecule has 152 valence electrons. The average molecular weight is 633 g/mol. The van der Waals surface area contributed by atoms with Crippen molar-refractivity contribution in [3.8, 4) is 5.75 Å². The van der Waals surface area contributed by atoms with E-state index in [-0.39, 0.29) is 17.2 Å². The molecule has 0 saturated carbocycles. The molecule has 0 radical (unpaired) electrons. The molecule has 2 aromatic rings. The lowest BCUT2D eigenvalue weighted by Gasteiger charge is -2.19. The van der Waals surface area contributed by atoms with Gasteiger partial charge in [0.05, 0.1) is 12.0 Å². The van der Waals surface area contributed by atoms with Gasteiger partial charge in [0.1, 0.15) is 12.4 Å². The van der Waals surface area contributed by atoms with Crippen LogP contribution in [0.1, 0.15) is 37.0 Å². The number of hydrogen-bond donors (Lipinski definition) is 0. The van der Waals surface area contributed by atoms with Crippen molar-refractivity contribution in [1.29, 1.82) is 0 Å². The Labute approximate surface area is 202 Å². The molecule has 1 saturated heterocycles. The van der Waals surface area contributed by atoms with Crippen LogP contribution in [-0.2, 0) is 11.4 Å². The number of thioether (sulfide) groups is 1. The molecule has 0 unspecified atom stereocenters. The third kappa shape index (κ3) is 5.35. The topological polar surface area (TPSA) is 46.6 Å². The van der Waals surface area contributed by atoms with Crippen molar-refractivity contribution in [1.82, 2.24) is 4.90 Å². The second-order valence-corrected chi connectivity index (χ2v) is 10.2. The van der Waals surface area contributed by atoms with Crippen LogP contribution in [0.25, 0.3) is 6.08 Å². The highest BCUT2D eigenvalue weighted by molar-refractivity contribution is 14.1. The Balaban J connectivity index is 1.78. The summed E-state index contributed by atoms with van der Waals surface area (Å²) in [6.07, 6.45) is 2.54. The van der Waals surface area contributed by atoms with Gasteiger partial charge in [-0.25, -0.2) is 0 Å². The quantitative estimate of drug-likeness (QED) is 0.265. The molecule has 1 heterocycles. The van der Waals surface area contributed by atoms with Gasteiger partial charge in [-0.2, -0.15) is 0 Å². The molecule has 0 spiro atoms. The first-order valence-electron chi connectivity index (χ1n) is 9.24. The first-order valence-corrected chi connectivity index (χ1v) is 12.2. The summed E-state index contributed by atoms with van der Waals surface area (Å²) >= 11 is 5.50. The van der Waals surface area contributed by atoms with Gasteiger partial charge in [0, 0.05) is 6.04 Å². The summed E-state index contributed by atoms with van der Waals surface area (Å²) < 4.78 is 7.98. The van der Waals surface area contributed by atoms with Crippen LogP contribution in [-0.4, -0.2) is 22.1 Å². The molecule has 1 aliphatic heterocycles. The fourth-order valence-corrected chi connectivity index (χ4v) is 5.89. The van der Waals surface area contributed by atoms with Crippen molar-refractivity contribution in [2.45, 2.75) is 39.8 Å². The summed E-state index contributed by atoms with van der Waals surface area (Å²) in [6, 6.07) is 12.1. The first kappa shape index (κ1) is 22.6. The van der Waals surface area contributed by atoms with E-state index in [2.05, 4.69) is 76.4 Å². The Bertz CT molecular complexity index is 950. The first-order chi connectivity index (χ1) is 13.8. The lowest BCUT2D eigenvalue weighted by Crippen LogP contribution is -2.36. The van der Waals surface area contributed by atoms with Crippen molar-refractivity contribution in [2.24, 2.45) is 0 Å². The molecule has 0 aromatic heterocycles.